The van der Waals surface area contributed by atoms with Gasteiger partial charge in [-0.15, -0.1) is 0 Å². The number of imidazole rings is 2. The zero-order valence-electron chi connectivity index (χ0n) is 15.2. The summed E-state index contributed by atoms with van der Waals surface area (Å²) in [5.41, 5.74) is 1.39. The second-order valence-corrected chi connectivity index (χ2v) is 6.55. The monoisotopic (exact) mass is 403 g/mol. The summed E-state index contributed by atoms with van der Waals surface area (Å²) in [5.74, 6) is -1.31. The number of nitrogens with one attached hydrogen (secondary N) is 1. The first-order valence-electron chi connectivity index (χ1n) is 8.81. The van der Waals surface area contributed by atoms with Gasteiger partial charge >= 0.3 is 5.69 Å². The fourth-order valence-corrected chi connectivity index (χ4v) is 3.28. The summed E-state index contributed by atoms with van der Waals surface area (Å²) in [6.07, 6.45) is 2.91. The lowest BCUT2D eigenvalue weighted by Gasteiger charge is -2.07. The molecule has 0 saturated heterocycles. The van der Waals surface area contributed by atoms with Crippen molar-refractivity contribution < 1.29 is 8.78 Å². The van der Waals surface area contributed by atoms with Gasteiger partial charge in [0.1, 0.15) is 23.5 Å². The van der Waals surface area contributed by atoms with Crippen molar-refractivity contribution in [2.24, 2.45) is 0 Å². The zero-order valence-corrected chi connectivity index (χ0v) is 15.2. The summed E-state index contributed by atoms with van der Waals surface area (Å²) < 4.78 is 30.9. The predicted molar refractivity (Wildman–Crippen MR) is 103 cm³/mol. The number of halogens is 2. The topological polar surface area (TPSA) is 105 Å². The highest BCUT2D eigenvalue weighted by Gasteiger charge is 2.16. The first kappa shape index (κ1) is 17.7. The number of nitriles is 1. The Balaban J connectivity index is 1.68. The molecule has 3 heterocycles. The zero-order chi connectivity index (χ0) is 20.8. The maximum Gasteiger partial charge on any atom is 0.328 e. The summed E-state index contributed by atoms with van der Waals surface area (Å²) in [6.45, 7) is -0.336. The molecule has 8 nitrogen and oxygen atoms in total. The Labute approximate surface area is 166 Å². The second kappa shape index (κ2) is 6.59. The maximum atomic E-state index is 14.1. The molecular formula is C20H11F2N7O. The molecule has 0 radical (unpaired) electrons. The van der Waals surface area contributed by atoms with Crippen molar-refractivity contribution in [2.45, 2.75) is 6.54 Å². The average Bonchev–Trinajstić information content (AvgIpc) is 3.30. The Morgan fingerprint density at radius 1 is 1.13 bits per heavy atom. The predicted octanol–water partition coefficient (Wildman–Crippen LogP) is 2.66. The molecule has 146 valence electrons. The summed E-state index contributed by atoms with van der Waals surface area (Å²) in [7, 11) is 0. The van der Waals surface area contributed by atoms with E-state index in [-0.39, 0.29) is 23.7 Å². The third-order valence-electron chi connectivity index (χ3n) is 4.77. The van der Waals surface area contributed by atoms with Gasteiger partial charge in [-0.25, -0.2) is 23.5 Å². The van der Waals surface area contributed by atoms with E-state index < -0.39 is 17.3 Å². The van der Waals surface area contributed by atoms with E-state index in [1.54, 1.807) is 22.8 Å². The van der Waals surface area contributed by atoms with Gasteiger partial charge in [0.2, 0.25) is 5.95 Å². The van der Waals surface area contributed by atoms with Crippen LogP contribution in [0.15, 0.2) is 53.7 Å². The molecule has 3 aromatic heterocycles. The number of hydrogen-bond acceptors (Lipinski definition) is 5. The highest BCUT2D eigenvalue weighted by atomic mass is 19.1. The van der Waals surface area contributed by atoms with Gasteiger partial charge in [0.25, 0.3) is 0 Å². The average molecular weight is 403 g/mol. The van der Waals surface area contributed by atoms with E-state index in [1.807, 2.05) is 0 Å². The number of hydrogen-bond donors (Lipinski definition) is 1. The molecule has 1 N–H and O–H groups in total. The van der Waals surface area contributed by atoms with Crippen LogP contribution in [0.4, 0.5) is 8.78 Å². The number of aromatic amines is 1. The smallest absolute Gasteiger partial charge is 0.303 e. The van der Waals surface area contributed by atoms with Crippen LogP contribution >= 0.6 is 0 Å². The van der Waals surface area contributed by atoms with Gasteiger partial charge in [0.15, 0.2) is 5.65 Å². The number of benzene rings is 2. The number of aromatic nitrogens is 6. The number of H-pyrrole nitrogens is 1. The van der Waals surface area contributed by atoms with E-state index in [9.17, 15) is 13.6 Å². The minimum atomic E-state index is -0.754. The van der Waals surface area contributed by atoms with Gasteiger partial charge < -0.3 is 4.98 Å². The lowest BCUT2D eigenvalue weighted by Crippen LogP contribution is -2.19. The Morgan fingerprint density at radius 3 is 2.70 bits per heavy atom. The molecule has 2 aromatic carbocycles. The molecule has 0 atom stereocenters. The number of fused-ring (bicyclic) bond motifs is 2. The van der Waals surface area contributed by atoms with Crippen LogP contribution in [0.2, 0.25) is 0 Å². The summed E-state index contributed by atoms with van der Waals surface area (Å²) in [4.78, 5) is 27.9. The molecule has 0 unspecified atom stereocenters. The van der Waals surface area contributed by atoms with Crippen LogP contribution in [0.5, 0.6) is 0 Å². The molecule has 0 spiro atoms. The van der Waals surface area contributed by atoms with E-state index in [0.29, 0.717) is 22.1 Å². The fourth-order valence-electron chi connectivity index (χ4n) is 3.28. The molecule has 0 aliphatic heterocycles. The molecule has 5 aromatic rings. The van der Waals surface area contributed by atoms with Crippen LogP contribution in [0.3, 0.4) is 0 Å². The Bertz CT molecular complexity index is 1520. The number of nitrogens with zero attached hydrogens (tertiary/aromatic N) is 6. The van der Waals surface area contributed by atoms with Gasteiger partial charge in [0.05, 0.1) is 35.4 Å². The first-order chi connectivity index (χ1) is 14.5. The molecule has 0 saturated carbocycles. The summed E-state index contributed by atoms with van der Waals surface area (Å²) >= 11 is 0. The summed E-state index contributed by atoms with van der Waals surface area (Å²) in [6, 6.07) is 10.6. The van der Waals surface area contributed by atoms with E-state index in [0.717, 1.165) is 16.7 Å². The van der Waals surface area contributed by atoms with E-state index in [2.05, 4.69) is 26.0 Å². The van der Waals surface area contributed by atoms with Crippen molar-refractivity contribution in [2.75, 3.05) is 0 Å². The minimum absolute atomic E-state index is 0.186. The van der Waals surface area contributed by atoms with Crippen molar-refractivity contribution in [3.8, 4) is 12.0 Å². The van der Waals surface area contributed by atoms with Gasteiger partial charge in [0, 0.05) is 5.56 Å². The van der Waals surface area contributed by atoms with Gasteiger partial charge in [-0.2, -0.15) is 10.2 Å². The SMILES string of the molecule is N#Cc1ccc2ncn(-c3ncc4[nH]c(=O)n(Cc5c(F)cccc5F)c4n3)c2c1. The molecular weight excluding hydrogens is 392 g/mol. The second-order valence-electron chi connectivity index (χ2n) is 6.55. The molecule has 0 bridgehead atoms. The van der Waals surface area contributed by atoms with Crippen LogP contribution in [0.1, 0.15) is 11.1 Å². The van der Waals surface area contributed by atoms with Crippen LogP contribution in [0.25, 0.3) is 28.1 Å². The van der Waals surface area contributed by atoms with E-state index in [4.69, 9.17) is 5.26 Å². The van der Waals surface area contributed by atoms with Crippen LogP contribution in [-0.2, 0) is 6.54 Å². The van der Waals surface area contributed by atoms with Gasteiger partial charge in [-0.1, -0.05) is 6.07 Å². The van der Waals surface area contributed by atoms with Crippen molar-refractivity contribution in [3.05, 3.63) is 82.2 Å². The Hall–Kier alpha value is -4.39. The fraction of sp³-hybridized carbons (Fsp3) is 0.0500. The highest BCUT2D eigenvalue weighted by Crippen LogP contribution is 2.20. The highest BCUT2D eigenvalue weighted by molar-refractivity contribution is 5.79. The van der Waals surface area contributed by atoms with Gasteiger partial charge in [-0.05, 0) is 30.3 Å². The third-order valence-corrected chi connectivity index (χ3v) is 4.77. The van der Waals surface area contributed by atoms with Crippen molar-refractivity contribution >= 4 is 22.2 Å². The first-order valence-corrected chi connectivity index (χ1v) is 8.81. The van der Waals surface area contributed by atoms with Crippen molar-refractivity contribution in [3.63, 3.8) is 0 Å². The molecule has 30 heavy (non-hydrogen) atoms. The van der Waals surface area contributed by atoms with Crippen LogP contribution < -0.4 is 5.69 Å². The van der Waals surface area contributed by atoms with Crippen molar-refractivity contribution in [1.82, 2.24) is 29.1 Å². The lowest BCUT2D eigenvalue weighted by atomic mass is 10.2. The molecule has 0 fully saturated rings. The molecule has 10 heteroatoms. The quantitative estimate of drug-likeness (QED) is 0.499. The van der Waals surface area contributed by atoms with E-state index in [1.165, 1.54) is 18.6 Å². The molecule has 0 aliphatic rings. The molecule has 0 amide bonds. The largest absolute Gasteiger partial charge is 0.328 e. The summed E-state index contributed by atoms with van der Waals surface area (Å²) in [5, 5.41) is 9.15. The Kier molecular flexibility index (Phi) is 3.89. The van der Waals surface area contributed by atoms with Gasteiger partial charge in [-0.3, -0.25) is 9.13 Å². The van der Waals surface area contributed by atoms with Crippen LogP contribution in [0, 0.1) is 23.0 Å². The minimum Gasteiger partial charge on any atom is -0.303 e. The third kappa shape index (κ3) is 2.72. The van der Waals surface area contributed by atoms with Crippen LogP contribution in [-0.4, -0.2) is 29.1 Å². The number of rotatable bonds is 3. The Morgan fingerprint density at radius 2 is 1.93 bits per heavy atom. The lowest BCUT2D eigenvalue weighted by molar-refractivity contribution is 0.544. The molecule has 0 aliphatic carbocycles. The standard InChI is InChI=1S/C20H11F2N7O/c21-13-2-1-3-14(22)12(13)9-28-18-16(26-20(28)30)8-24-19(27-18)29-10-25-15-5-4-11(7-23)6-17(15)29/h1-6,8,10H,9H2,(H,26,30). The maximum absolute atomic E-state index is 14.1. The normalized spacial score (nSPS) is 11.2. The molecule has 5 rings (SSSR count). The van der Waals surface area contributed by atoms with Crippen molar-refractivity contribution in [1.29, 1.82) is 5.26 Å². The van der Waals surface area contributed by atoms with E-state index >= 15 is 0 Å².